The number of nitrogens with one attached hydrogen (secondary N) is 1. The van der Waals surface area contributed by atoms with E-state index in [1.165, 1.54) is 38.8 Å². The summed E-state index contributed by atoms with van der Waals surface area (Å²) in [4.78, 5) is 2.74. The van der Waals surface area contributed by atoms with Crippen LogP contribution in [-0.4, -0.2) is 36.6 Å². The van der Waals surface area contributed by atoms with Gasteiger partial charge >= 0.3 is 0 Å². The zero-order chi connectivity index (χ0) is 13.0. The number of piperidine rings is 1. The molecule has 0 aromatic heterocycles. The Morgan fingerprint density at radius 1 is 1.22 bits per heavy atom. The molecule has 18 heavy (non-hydrogen) atoms. The first-order valence-corrected chi connectivity index (χ1v) is 7.84. The largest absolute Gasteiger partial charge is 0.314 e. The lowest BCUT2D eigenvalue weighted by Crippen LogP contribution is -2.54. The number of likely N-dealkylation sites (tertiary alicyclic amines) is 1. The van der Waals surface area contributed by atoms with Crippen molar-refractivity contribution >= 4 is 0 Å². The molecular weight excluding hydrogens is 220 g/mol. The maximum Gasteiger partial charge on any atom is 0.0120 e. The Kier molecular flexibility index (Phi) is 5.25. The van der Waals surface area contributed by atoms with E-state index in [0.717, 1.165) is 30.5 Å². The standard InChI is InChI=1S/C16H30N2/c1-4-17-16-10-11-18(14(3)13(16)2)12-15-8-6-5-7-9-15/h5-6,13-17H,4,7-12H2,1-3H3. The van der Waals surface area contributed by atoms with E-state index in [-0.39, 0.29) is 0 Å². The van der Waals surface area contributed by atoms with E-state index in [0.29, 0.717) is 0 Å². The Balaban J connectivity index is 1.85. The molecule has 4 atom stereocenters. The third kappa shape index (κ3) is 3.36. The minimum absolute atomic E-state index is 0.729. The van der Waals surface area contributed by atoms with E-state index in [1.54, 1.807) is 0 Å². The monoisotopic (exact) mass is 250 g/mol. The fourth-order valence-electron chi connectivity index (χ4n) is 3.60. The molecule has 1 heterocycles. The van der Waals surface area contributed by atoms with Crippen LogP contribution in [0.2, 0.25) is 0 Å². The Labute approximate surface area is 113 Å². The van der Waals surface area contributed by atoms with E-state index in [1.807, 2.05) is 0 Å². The van der Waals surface area contributed by atoms with Crippen LogP contribution in [0.15, 0.2) is 12.2 Å². The van der Waals surface area contributed by atoms with E-state index in [4.69, 9.17) is 0 Å². The van der Waals surface area contributed by atoms with Crippen LogP contribution in [0.5, 0.6) is 0 Å². The molecule has 1 N–H and O–H groups in total. The molecule has 1 aliphatic carbocycles. The summed E-state index contributed by atoms with van der Waals surface area (Å²) in [6, 6.07) is 1.46. The molecule has 0 aromatic rings. The summed E-state index contributed by atoms with van der Waals surface area (Å²) in [6.07, 6.45) is 10.0. The minimum Gasteiger partial charge on any atom is -0.314 e. The lowest BCUT2D eigenvalue weighted by Gasteiger charge is -2.44. The maximum absolute atomic E-state index is 3.65. The van der Waals surface area contributed by atoms with Crippen LogP contribution < -0.4 is 5.32 Å². The first-order chi connectivity index (χ1) is 8.72. The second-order valence-electron chi connectivity index (χ2n) is 6.20. The first-order valence-electron chi connectivity index (χ1n) is 7.84. The van der Waals surface area contributed by atoms with Gasteiger partial charge in [-0.15, -0.1) is 0 Å². The van der Waals surface area contributed by atoms with E-state index in [2.05, 4.69) is 43.1 Å². The summed E-state index contributed by atoms with van der Waals surface area (Å²) < 4.78 is 0. The number of rotatable bonds is 4. The Morgan fingerprint density at radius 3 is 2.72 bits per heavy atom. The van der Waals surface area contributed by atoms with E-state index in [9.17, 15) is 0 Å². The summed E-state index contributed by atoms with van der Waals surface area (Å²) in [5.74, 6) is 1.68. The van der Waals surface area contributed by atoms with Gasteiger partial charge in [0.1, 0.15) is 0 Å². The van der Waals surface area contributed by atoms with Crippen LogP contribution in [-0.2, 0) is 0 Å². The highest BCUT2D eigenvalue weighted by molar-refractivity contribution is 4.93. The van der Waals surface area contributed by atoms with Crippen LogP contribution in [0.3, 0.4) is 0 Å². The van der Waals surface area contributed by atoms with Gasteiger partial charge in [0.25, 0.3) is 0 Å². The molecule has 1 aliphatic heterocycles. The Bertz CT molecular complexity index is 274. The summed E-state index contributed by atoms with van der Waals surface area (Å²) in [7, 11) is 0. The molecule has 0 amide bonds. The SMILES string of the molecule is CCNC1CCN(CC2CC=CCC2)C(C)C1C. The summed E-state index contributed by atoms with van der Waals surface area (Å²) in [6.45, 7) is 10.8. The highest BCUT2D eigenvalue weighted by atomic mass is 15.2. The van der Waals surface area contributed by atoms with Crippen molar-refractivity contribution in [2.45, 2.75) is 58.5 Å². The Morgan fingerprint density at radius 2 is 2.06 bits per heavy atom. The number of allylic oxidation sites excluding steroid dienone is 2. The maximum atomic E-state index is 3.65. The molecule has 2 heteroatoms. The molecule has 0 bridgehead atoms. The number of hydrogen-bond donors (Lipinski definition) is 1. The molecule has 0 aromatic carbocycles. The first kappa shape index (κ1) is 14.1. The third-order valence-corrected chi connectivity index (χ3v) is 5.04. The van der Waals surface area contributed by atoms with Gasteiger partial charge in [-0.2, -0.15) is 0 Å². The highest BCUT2D eigenvalue weighted by Crippen LogP contribution is 2.27. The van der Waals surface area contributed by atoms with Gasteiger partial charge in [-0.05, 0) is 57.5 Å². The van der Waals surface area contributed by atoms with Crippen molar-refractivity contribution in [3.05, 3.63) is 12.2 Å². The normalized spacial score (nSPS) is 37.9. The molecular formula is C16H30N2. The van der Waals surface area contributed by atoms with Crippen molar-refractivity contribution in [1.29, 1.82) is 0 Å². The Hall–Kier alpha value is -0.340. The van der Waals surface area contributed by atoms with Crippen LogP contribution in [0.25, 0.3) is 0 Å². The average molecular weight is 250 g/mol. The van der Waals surface area contributed by atoms with Crippen molar-refractivity contribution in [3.8, 4) is 0 Å². The van der Waals surface area contributed by atoms with Crippen molar-refractivity contribution < 1.29 is 0 Å². The van der Waals surface area contributed by atoms with Gasteiger partial charge in [-0.3, -0.25) is 4.90 Å². The van der Waals surface area contributed by atoms with Gasteiger partial charge in [0, 0.05) is 18.6 Å². The number of nitrogens with zero attached hydrogens (tertiary/aromatic N) is 1. The summed E-state index contributed by atoms with van der Waals surface area (Å²) >= 11 is 0. The molecule has 4 unspecified atom stereocenters. The molecule has 0 spiro atoms. The zero-order valence-electron chi connectivity index (χ0n) is 12.4. The highest BCUT2D eigenvalue weighted by Gasteiger charge is 2.32. The molecule has 1 saturated heterocycles. The lowest BCUT2D eigenvalue weighted by molar-refractivity contribution is 0.0693. The predicted molar refractivity (Wildman–Crippen MR) is 78.8 cm³/mol. The van der Waals surface area contributed by atoms with E-state index < -0.39 is 0 Å². The van der Waals surface area contributed by atoms with Gasteiger partial charge in [0.15, 0.2) is 0 Å². The van der Waals surface area contributed by atoms with Crippen LogP contribution in [0, 0.1) is 11.8 Å². The van der Waals surface area contributed by atoms with Crippen molar-refractivity contribution in [2.75, 3.05) is 19.6 Å². The molecule has 0 radical (unpaired) electrons. The molecule has 0 saturated carbocycles. The van der Waals surface area contributed by atoms with Crippen molar-refractivity contribution in [2.24, 2.45) is 11.8 Å². The second kappa shape index (κ2) is 6.72. The van der Waals surface area contributed by atoms with Crippen LogP contribution in [0.4, 0.5) is 0 Å². The molecule has 1 fully saturated rings. The van der Waals surface area contributed by atoms with Crippen molar-refractivity contribution in [3.63, 3.8) is 0 Å². The predicted octanol–water partition coefficient (Wildman–Crippen LogP) is 3.05. The van der Waals surface area contributed by atoms with Crippen LogP contribution >= 0.6 is 0 Å². The van der Waals surface area contributed by atoms with Gasteiger partial charge in [0.2, 0.25) is 0 Å². The number of hydrogen-bond acceptors (Lipinski definition) is 2. The topological polar surface area (TPSA) is 15.3 Å². The fourth-order valence-corrected chi connectivity index (χ4v) is 3.60. The molecule has 2 rings (SSSR count). The molecule has 104 valence electrons. The second-order valence-corrected chi connectivity index (χ2v) is 6.20. The summed E-state index contributed by atoms with van der Waals surface area (Å²) in [5.41, 5.74) is 0. The smallest absolute Gasteiger partial charge is 0.0120 e. The zero-order valence-corrected chi connectivity index (χ0v) is 12.4. The van der Waals surface area contributed by atoms with Crippen LogP contribution in [0.1, 0.15) is 46.5 Å². The summed E-state index contributed by atoms with van der Waals surface area (Å²) in [5, 5.41) is 3.65. The van der Waals surface area contributed by atoms with Gasteiger partial charge in [-0.1, -0.05) is 26.0 Å². The third-order valence-electron chi connectivity index (χ3n) is 5.04. The van der Waals surface area contributed by atoms with Gasteiger partial charge in [0.05, 0.1) is 0 Å². The molecule has 2 nitrogen and oxygen atoms in total. The lowest BCUT2D eigenvalue weighted by atomic mass is 9.85. The fraction of sp³-hybridized carbons (Fsp3) is 0.875. The molecule has 2 aliphatic rings. The van der Waals surface area contributed by atoms with Crippen molar-refractivity contribution in [1.82, 2.24) is 10.2 Å². The van der Waals surface area contributed by atoms with E-state index >= 15 is 0 Å². The van der Waals surface area contributed by atoms with Gasteiger partial charge < -0.3 is 5.32 Å². The minimum atomic E-state index is 0.729. The quantitative estimate of drug-likeness (QED) is 0.772. The average Bonchev–Trinajstić information content (AvgIpc) is 2.40. The van der Waals surface area contributed by atoms with Gasteiger partial charge in [-0.25, -0.2) is 0 Å².